The number of hydrogen-bond donors (Lipinski definition) is 1. The van der Waals surface area contributed by atoms with E-state index < -0.39 is 0 Å². The molecule has 118 valence electrons. The van der Waals surface area contributed by atoms with E-state index in [0.29, 0.717) is 21.5 Å². The minimum absolute atomic E-state index is 0.461. The van der Waals surface area contributed by atoms with Crippen LogP contribution in [0.25, 0.3) is 22.4 Å². The molecule has 4 aromatic rings. The second kappa shape index (κ2) is 6.19. The monoisotopic (exact) mass is 354 g/mol. The second-order valence-corrected chi connectivity index (χ2v) is 6.12. The fraction of sp³-hybridized carbons (Fsp3) is 0. The Labute approximate surface area is 148 Å². The normalized spacial score (nSPS) is 10.9. The third-order valence-corrected chi connectivity index (χ3v) is 4.36. The molecule has 0 radical (unpaired) electrons. The van der Waals surface area contributed by atoms with Crippen LogP contribution in [-0.2, 0) is 0 Å². The Bertz CT molecular complexity index is 994. The van der Waals surface area contributed by atoms with Crippen LogP contribution in [0.3, 0.4) is 0 Å². The molecule has 4 rings (SSSR count). The van der Waals surface area contributed by atoms with Crippen molar-refractivity contribution in [3.8, 4) is 22.9 Å². The lowest BCUT2D eigenvalue weighted by atomic mass is 10.2. The molecule has 24 heavy (non-hydrogen) atoms. The van der Waals surface area contributed by atoms with Crippen molar-refractivity contribution >= 4 is 34.2 Å². The Morgan fingerprint density at radius 2 is 1.62 bits per heavy atom. The van der Waals surface area contributed by atoms with E-state index in [2.05, 4.69) is 9.97 Å². The van der Waals surface area contributed by atoms with Crippen molar-refractivity contribution in [1.29, 1.82) is 0 Å². The van der Waals surface area contributed by atoms with Gasteiger partial charge in [-0.25, -0.2) is 4.98 Å². The van der Waals surface area contributed by atoms with E-state index in [-0.39, 0.29) is 0 Å². The molecule has 1 aromatic heterocycles. The zero-order valence-electron chi connectivity index (χ0n) is 12.5. The lowest BCUT2D eigenvalue weighted by molar-refractivity contribution is 0.483. The van der Waals surface area contributed by atoms with E-state index in [4.69, 9.17) is 27.9 Å². The number of halogens is 2. The predicted molar refractivity (Wildman–Crippen MR) is 98.1 cm³/mol. The summed E-state index contributed by atoms with van der Waals surface area (Å²) in [6.45, 7) is 0. The number of benzene rings is 3. The summed E-state index contributed by atoms with van der Waals surface area (Å²) in [5, 5.41) is 0.961. The molecule has 0 atom stereocenters. The second-order valence-electron chi connectivity index (χ2n) is 5.31. The molecule has 0 saturated carbocycles. The van der Waals surface area contributed by atoms with Gasteiger partial charge in [-0.05, 0) is 36.4 Å². The van der Waals surface area contributed by atoms with Gasteiger partial charge in [0.25, 0.3) is 0 Å². The fourth-order valence-electron chi connectivity index (χ4n) is 2.47. The highest BCUT2D eigenvalue weighted by Crippen LogP contribution is 2.31. The van der Waals surface area contributed by atoms with Crippen molar-refractivity contribution in [2.45, 2.75) is 0 Å². The summed E-state index contributed by atoms with van der Waals surface area (Å²) in [4.78, 5) is 7.92. The van der Waals surface area contributed by atoms with Crippen LogP contribution in [0.15, 0.2) is 66.7 Å². The molecule has 0 saturated heterocycles. The van der Waals surface area contributed by atoms with Gasteiger partial charge in [0.15, 0.2) is 0 Å². The van der Waals surface area contributed by atoms with Gasteiger partial charge in [-0.1, -0.05) is 47.5 Å². The molecular formula is C19H12Cl2N2O. The van der Waals surface area contributed by atoms with Gasteiger partial charge in [-0.3, -0.25) is 0 Å². The number of para-hydroxylation sites is 2. The smallest absolute Gasteiger partial charge is 0.138 e. The number of ether oxygens (including phenoxy) is 1. The SMILES string of the molecule is Clc1ccc(Oc2cccc(-c3nc4ccccc4[nH]3)c2)cc1Cl. The van der Waals surface area contributed by atoms with Crippen LogP contribution >= 0.6 is 23.2 Å². The third-order valence-electron chi connectivity index (χ3n) is 3.62. The molecule has 1 heterocycles. The maximum atomic E-state index is 6.03. The molecule has 0 amide bonds. The maximum absolute atomic E-state index is 6.03. The van der Waals surface area contributed by atoms with Crippen LogP contribution in [0, 0.1) is 0 Å². The summed E-state index contributed by atoms with van der Waals surface area (Å²) in [5.74, 6) is 2.13. The number of aromatic nitrogens is 2. The van der Waals surface area contributed by atoms with Gasteiger partial charge in [0, 0.05) is 11.6 Å². The quantitative estimate of drug-likeness (QED) is 0.466. The molecule has 5 heteroatoms. The average Bonchev–Trinajstić information content (AvgIpc) is 3.03. The van der Waals surface area contributed by atoms with E-state index in [1.807, 2.05) is 48.5 Å². The Morgan fingerprint density at radius 1 is 0.792 bits per heavy atom. The summed E-state index contributed by atoms with van der Waals surface area (Å²) in [6.07, 6.45) is 0. The maximum Gasteiger partial charge on any atom is 0.138 e. The van der Waals surface area contributed by atoms with Gasteiger partial charge in [0.05, 0.1) is 21.1 Å². The number of aromatic amines is 1. The molecule has 0 aliphatic heterocycles. The van der Waals surface area contributed by atoms with E-state index in [9.17, 15) is 0 Å². The van der Waals surface area contributed by atoms with E-state index in [1.54, 1.807) is 18.2 Å². The minimum atomic E-state index is 0.461. The van der Waals surface area contributed by atoms with Crippen molar-refractivity contribution in [3.05, 3.63) is 76.8 Å². The standard InChI is InChI=1S/C19H12Cl2N2O/c20-15-9-8-14(11-16(15)21)24-13-5-3-4-12(10-13)19-22-17-6-1-2-7-18(17)23-19/h1-11H,(H,22,23). The van der Waals surface area contributed by atoms with Crippen LogP contribution in [0.2, 0.25) is 10.0 Å². The van der Waals surface area contributed by atoms with Crippen LogP contribution in [0.1, 0.15) is 0 Å². The van der Waals surface area contributed by atoms with E-state index in [1.165, 1.54) is 0 Å². The molecule has 3 nitrogen and oxygen atoms in total. The summed E-state index contributed by atoms with van der Waals surface area (Å²) >= 11 is 12.0. The molecular weight excluding hydrogens is 343 g/mol. The summed E-state index contributed by atoms with van der Waals surface area (Å²) in [7, 11) is 0. The van der Waals surface area contributed by atoms with Gasteiger partial charge in [-0.15, -0.1) is 0 Å². The Morgan fingerprint density at radius 3 is 2.46 bits per heavy atom. The van der Waals surface area contributed by atoms with Crippen molar-refractivity contribution in [1.82, 2.24) is 9.97 Å². The number of imidazole rings is 1. The first kappa shape index (κ1) is 15.1. The summed E-state index contributed by atoms with van der Waals surface area (Å²) < 4.78 is 5.87. The van der Waals surface area contributed by atoms with Crippen LogP contribution in [0.5, 0.6) is 11.5 Å². The van der Waals surface area contributed by atoms with Crippen molar-refractivity contribution < 1.29 is 4.74 Å². The van der Waals surface area contributed by atoms with Crippen LogP contribution < -0.4 is 4.74 Å². The van der Waals surface area contributed by atoms with Crippen molar-refractivity contribution in [2.75, 3.05) is 0 Å². The van der Waals surface area contributed by atoms with Gasteiger partial charge in [0.2, 0.25) is 0 Å². The topological polar surface area (TPSA) is 37.9 Å². The van der Waals surface area contributed by atoms with Crippen molar-refractivity contribution in [2.24, 2.45) is 0 Å². The van der Waals surface area contributed by atoms with Crippen molar-refractivity contribution in [3.63, 3.8) is 0 Å². The van der Waals surface area contributed by atoms with Crippen LogP contribution in [-0.4, -0.2) is 9.97 Å². The summed E-state index contributed by atoms with van der Waals surface area (Å²) in [6, 6.07) is 20.8. The minimum Gasteiger partial charge on any atom is -0.457 e. The third kappa shape index (κ3) is 2.96. The number of nitrogens with one attached hydrogen (secondary N) is 1. The molecule has 0 unspecified atom stereocenters. The predicted octanol–water partition coefficient (Wildman–Crippen LogP) is 6.33. The molecule has 0 spiro atoms. The zero-order chi connectivity index (χ0) is 16.5. The molecule has 0 bridgehead atoms. The summed E-state index contributed by atoms with van der Waals surface area (Å²) in [5.41, 5.74) is 2.88. The van der Waals surface area contributed by atoms with Gasteiger partial charge < -0.3 is 9.72 Å². The van der Waals surface area contributed by atoms with Gasteiger partial charge in [0.1, 0.15) is 17.3 Å². The number of nitrogens with zero attached hydrogens (tertiary/aromatic N) is 1. The van der Waals surface area contributed by atoms with Gasteiger partial charge in [-0.2, -0.15) is 0 Å². The molecule has 0 aliphatic rings. The number of fused-ring (bicyclic) bond motifs is 1. The Hall–Kier alpha value is -2.49. The highest BCUT2D eigenvalue weighted by atomic mass is 35.5. The number of H-pyrrole nitrogens is 1. The lowest BCUT2D eigenvalue weighted by Crippen LogP contribution is -1.86. The number of hydrogen-bond acceptors (Lipinski definition) is 2. The average molecular weight is 355 g/mol. The largest absolute Gasteiger partial charge is 0.457 e. The fourth-order valence-corrected chi connectivity index (χ4v) is 2.76. The van der Waals surface area contributed by atoms with E-state index in [0.717, 1.165) is 22.4 Å². The Kier molecular flexibility index (Phi) is 3.89. The highest BCUT2D eigenvalue weighted by molar-refractivity contribution is 6.42. The van der Waals surface area contributed by atoms with Gasteiger partial charge >= 0.3 is 0 Å². The molecule has 0 aliphatic carbocycles. The molecule has 3 aromatic carbocycles. The zero-order valence-corrected chi connectivity index (χ0v) is 14.0. The van der Waals surface area contributed by atoms with Crippen LogP contribution in [0.4, 0.5) is 0 Å². The lowest BCUT2D eigenvalue weighted by Gasteiger charge is -2.07. The molecule has 0 fully saturated rings. The first-order valence-corrected chi connectivity index (χ1v) is 8.13. The van der Waals surface area contributed by atoms with E-state index >= 15 is 0 Å². The number of rotatable bonds is 3. The first-order valence-electron chi connectivity index (χ1n) is 7.37. The highest BCUT2D eigenvalue weighted by Gasteiger charge is 2.07. The Balaban J connectivity index is 1.66. The molecule has 1 N–H and O–H groups in total. The first-order chi connectivity index (χ1) is 11.7.